The zero-order valence-corrected chi connectivity index (χ0v) is 21.5. The van der Waals surface area contributed by atoms with Gasteiger partial charge in [0.1, 0.15) is 12.3 Å². The third kappa shape index (κ3) is 5.86. The fourth-order valence-corrected chi connectivity index (χ4v) is 5.46. The number of nitrogens with zero attached hydrogens (tertiary/aromatic N) is 2. The monoisotopic (exact) mass is 512 g/mol. The molecule has 0 bridgehead atoms. The number of halogens is 1. The molecule has 0 saturated carbocycles. The van der Waals surface area contributed by atoms with Crippen molar-refractivity contribution in [1.82, 2.24) is 9.80 Å². The maximum absolute atomic E-state index is 13.7. The molecule has 2 aromatic carbocycles. The lowest BCUT2D eigenvalue weighted by Gasteiger charge is -2.37. The molecular formula is C27H29ClN2O4S. The highest BCUT2D eigenvalue weighted by molar-refractivity contribution is 7.10. The van der Waals surface area contributed by atoms with Crippen molar-refractivity contribution in [2.24, 2.45) is 0 Å². The molecule has 8 heteroatoms. The summed E-state index contributed by atoms with van der Waals surface area (Å²) >= 11 is 7.85. The smallest absolute Gasteiger partial charge is 0.254 e. The minimum Gasteiger partial charge on any atom is -0.497 e. The number of methoxy groups -OCH3 is 2. The summed E-state index contributed by atoms with van der Waals surface area (Å²) in [4.78, 5) is 31.9. The van der Waals surface area contributed by atoms with Crippen molar-refractivity contribution in [3.63, 3.8) is 0 Å². The van der Waals surface area contributed by atoms with Crippen molar-refractivity contribution in [3.05, 3.63) is 86.6 Å². The molecule has 6 nitrogen and oxygen atoms in total. The normalized spacial score (nSPS) is 14.9. The Balaban J connectivity index is 1.60. The molecule has 0 fully saturated rings. The Bertz CT molecular complexity index is 1160. The molecular weight excluding hydrogens is 484 g/mol. The summed E-state index contributed by atoms with van der Waals surface area (Å²) in [6.45, 7) is 1.51. The van der Waals surface area contributed by atoms with E-state index in [1.165, 1.54) is 4.88 Å². The molecule has 1 unspecified atom stereocenters. The summed E-state index contributed by atoms with van der Waals surface area (Å²) in [5, 5.41) is 2.73. The third-order valence-electron chi connectivity index (χ3n) is 6.18. The molecule has 1 aliphatic heterocycles. The van der Waals surface area contributed by atoms with Crippen LogP contribution in [0.1, 0.15) is 38.8 Å². The topological polar surface area (TPSA) is 59.1 Å². The van der Waals surface area contributed by atoms with Crippen molar-refractivity contribution in [1.29, 1.82) is 0 Å². The number of ether oxygens (including phenoxy) is 2. The van der Waals surface area contributed by atoms with Crippen LogP contribution in [-0.4, -0.2) is 62.1 Å². The van der Waals surface area contributed by atoms with E-state index >= 15 is 0 Å². The van der Waals surface area contributed by atoms with E-state index in [1.807, 2.05) is 29.2 Å². The lowest BCUT2D eigenvalue weighted by molar-refractivity contribution is -0.134. The van der Waals surface area contributed by atoms with Crippen LogP contribution in [0.5, 0.6) is 5.75 Å². The van der Waals surface area contributed by atoms with Gasteiger partial charge in [-0.15, -0.1) is 11.3 Å². The van der Waals surface area contributed by atoms with Crippen LogP contribution >= 0.6 is 22.9 Å². The van der Waals surface area contributed by atoms with Crippen LogP contribution in [0.3, 0.4) is 0 Å². The Morgan fingerprint density at radius 3 is 2.69 bits per heavy atom. The van der Waals surface area contributed by atoms with Crippen LogP contribution in [0.25, 0.3) is 0 Å². The first-order valence-corrected chi connectivity index (χ1v) is 12.8. The van der Waals surface area contributed by atoms with E-state index in [1.54, 1.807) is 54.7 Å². The highest BCUT2D eigenvalue weighted by Crippen LogP contribution is 2.38. The average Bonchev–Trinajstić information content (AvgIpc) is 3.37. The number of thiophene rings is 1. The molecule has 0 saturated heterocycles. The van der Waals surface area contributed by atoms with Crippen LogP contribution in [0, 0.1) is 0 Å². The van der Waals surface area contributed by atoms with Crippen molar-refractivity contribution in [2.45, 2.75) is 18.9 Å². The third-order valence-corrected chi connectivity index (χ3v) is 7.43. The quantitative estimate of drug-likeness (QED) is 0.376. The van der Waals surface area contributed by atoms with Crippen molar-refractivity contribution in [3.8, 4) is 5.75 Å². The second-order valence-electron chi connectivity index (χ2n) is 8.40. The number of amides is 2. The van der Waals surface area contributed by atoms with Gasteiger partial charge in [-0.2, -0.15) is 0 Å². The van der Waals surface area contributed by atoms with E-state index in [4.69, 9.17) is 21.1 Å². The molecule has 2 amide bonds. The molecule has 2 heterocycles. The molecule has 1 atom stereocenters. The first kappa shape index (κ1) is 25.2. The number of hydrogen-bond donors (Lipinski definition) is 0. The molecule has 1 aliphatic rings. The maximum atomic E-state index is 13.7. The average molecular weight is 513 g/mol. The maximum Gasteiger partial charge on any atom is 0.254 e. The minimum absolute atomic E-state index is 0.0106. The van der Waals surface area contributed by atoms with E-state index in [0.29, 0.717) is 42.5 Å². The molecule has 0 radical (unpaired) electrons. The zero-order chi connectivity index (χ0) is 24.8. The van der Waals surface area contributed by atoms with Crippen LogP contribution in [0.4, 0.5) is 0 Å². The summed E-state index contributed by atoms with van der Waals surface area (Å²) in [6.07, 6.45) is 1.44. The minimum atomic E-state index is -0.206. The highest BCUT2D eigenvalue weighted by Gasteiger charge is 2.34. The van der Waals surface area contributed by atoms with Gasteiger partial charge in [0.15, 0.2) is 0 Å². The zero-order valence-electron chi connectivity index (χ0n) is 19.9. The first-order valence-electron chi connectivity index (χ1n) is 11.5. The van der Waals surface area contributed by atoms with Crippen LogP contribution in [-0.2, 0) is 16.0 Å². The molecule has 0 N–H and O–H groups in total. The molecule has 1 aromatic heterocycles. The molecule has 0 spiro atoms. The Hall–Kier alpha value is -2.87. The number of carbonyl (C=O) groups is 2. The number of benzene rings is 2. The molecule has 184 valence electrons. The number of rotatable bonds is 9. The molecule has 0 aliphatic carbocycles. The lowest BCUT2D eigenvalue weighted by atomic mass is 9.93. The summed E-state index contributed by atoms with van der Waals surface area (Å²) in [6, 6.07) is 16.5. The Kier molecular flexibility index (Phi) is 8.44. The highest BCUT2D eigenvalue weighted by atomic mass is 35.5. The summed E-state index contributed by atoms with van der Waals surface area (Å²) in [5.74, 6) is 0.308. The second kappa shape index (κ2) is 11.7. The Labute approximate surface area is 215 Å². The number of fused-ring (bicyclic) bond motifs is 1. The molecule has 3 aromatic rings. The van der Waals surface area contributed by atoms with Gasteiger partial charge >= 0.3 is 0 Å². The standard InChI is InChI=1S/C27H29ClN2O4S/c1-33-15-4-13-29(27(32)20-5-3-6-22(17-20)34-2)18-25(31)30-14-11-24-23(12-16-35-24)26(30)19-7-9-21(28)10-8-19/h3,5-10,12,16-17,26H,4,11,13-15,18H2,1-2H3. The van der Waals surface area contributed by atoms with Crippen LogP contribution in [0.15, 0.2) is 60.0 Å². The summed E-state index contributed by atoms with van der Waals surface area (Å²) < 4.78 is 10.5. The van der Waals surface area contributed by atoms with Gasteiger partial charge in [0.05, 0.1) is 13.2 Å². The number of hydrogen-bond acceptors (Lipinski definition) is 5. The lowest BCUT2D eigenvalue weighted by Crippen LogP contribution is -2.47. The van der Waals surface area contributed by atoms with E-state index < -0.39 is 0 Å². The number of carbonyl (C=O) groups excluding carboxylic acids is 2. The molecule has 35 heavy (non-hydrogen) atoms. The summed E-state index contributed by atoms with van der Waals surface area (Å²) in [7, 11) is 3.19. The van der Waals surface area contributed by atoms with Gasteiger partial charge < -0.3 is 19.3 Å². The Morgan fingerprint density at radius 1 is 1.14 bits per heavy atom. The van der Waals surface area contributed by atoms with E-state index in [2.05, 4.69) is 11.4 Å². The molecule has 4 rings (SSSR count). The summed E-state index contributed by atoms with van der Waals surface area (Å²) in [5.41, 5.74) is 2.64. The predicted octanol–water partition coefficient (Wildman–Crippen LogP) is 5.06. The van der Waals surface area contributed by atoms with E-state index in [9.17, 15) is 9.59 Å². The van der Waals surface area contributed by atoms with E-state index in [-0.39, 0.29) is 24.4 Å². The van der Waals surface area contributed by atoms with Gasteiger partial charge in [0, 0.05) is 42.3 Å². The fourth-order valence-electron chi connectivity index (χ4n) is 4.43. The van der Waals surface area contributed by atoms with Gasteiger partial charge in [-0.25, -0.2) is 0 Å². The van der Waals surface area contributed by atoms with Gasteiger partial charge in [-0.05, 0) is 65.7 Å². The van der Waals surface area contributed by atoms with Gasteiger partial charge in [-0.1, -0.05) is 29.8 Å². The fraction of sp³-hybridized carbons (Fsp3) is 0.333. The van der Waals surface area contributed by atoms with Gasteiger partial charge in [0.2, 0.25) is 5.91 Å². The van der Waals surface area contributed by atoms with Gasteiger partial charge in [0.25, 0.3) is 5.91 Å². The van der Waals surface area contributed by atoms with Crippen molar-refractivity contribution >= 4 is 34.8 Å². The SMILES string of the molecule is COCCCN(CC(=O)N1CCc2sccc2C1c1ccc(Cl)cc1)C(=O)c1cccc(OC)c1. The van der Waals surface area contributed by atoms with E-state index in [0.717, 1.165) is 17.5 Å². The van der Waals surface area contributed by atoms with Crippen LogP contribution in [0.2, 0.25) is 5.02 Å². The van der Waals surface area contributed by atoms with Crippen LogP contribution < -0.4 is 4.74 Å². The first-order chi connectivity index (χ1) is 17.0. The second-order valence-corrected chi connectivity index (χ2v) is 9.83. The van der Waals surface area contributed by atoms with Crippen molar-refractivity contribution < 1.29 is 19.1 Å². The Morgan fingerprint density at radius 2 is 1.94 bits per heavy atom. The van der Waals surface area contributed by atoms with Gasteiger partial charge in [-0.3, -0.25) is 9.59 Å². The largest absolute Gasteiger partial charge is 0.497 e. The predicted molar refractivity (Wildman–Crippen MR) is 138 cm³/mol. The van der Waals surface area contributed by atoms with Crippen molar-refractivity contribution in [2.75, 3.05) is 40.5 Å².